The normalized spacial score (nSPS) is 14.4. The Hall–Kier alpha value is -1.81. The average Bonchev–Trinajstić information content (AvgIpc) is 3.21. The molecule has 1 aliphatic rings. The summed E-state index contributed by atoms with van der Waals surface area (Å²) in [5.74, 6) is 0.746. The number of rotatable bonds is 7. The van der Waals surface area contributed by atoms with E-state index in [1.54, 1.807) is 18.4 Å². The maximum absolute atomic E-state index is 13.4. The van der Waals surface area contributed by atoms with Crippen LogP contribution in [0.3, 0.4) is 0 Å². The SMILES string of the molecule is CCN(Cc1occc1CNC1CC1)c1cccc(F)c1. The van der Waals surface area contributed by atoms with E-state index in [9.17, 15) is 4.39 Å². The van der Waals surface area contributed by atoms with E-state index >= 15 is 0 Å². The number of nitrogens with zero attached hydrogens (tertiary/aromatic N) is 1. The fourth-order valence-electron chi connectivity index (χ4n) is 2.44. The van der Waals surface area contributed by atoms with Gasteiger partial charge in [-0.1, -0.05) is 6.07 Å². The molecule has 1 aliphatic carbocycles. The molecule has 0 unspecified atom stereocenters. The van der Waals surface area contributed by atoms with Crippen LogP contribution in [0.2, 0.25) is 0 Å². The zero-order valence-corrected chi connectivity index (χ0v) is 12.3. The number of anilines is 1. The Morgan fingerprint density at radius 2 is 2.19 bits per heavy atom. The summed E-state index contributed by atoms with van der Waals surface area (Å²) in [5, 5.41) is 3.50. The second-order valence-corrected chi connectivity index (χ2v) is 5.52. The summed E-state index contributed by atoms with van der Waals surface area (Å²) in [5.41, 5.74) is 2.08. The van der Waals surface area contributed by atoms with Gasteiger partial charge in [0.15, 0.2) is 0 Å². The summed E-state index contributed by atoms with van der Waals surface area (Å²) in [7, 11) is 0. The second-order valence-electron chi connectivity index (χ2n) is 5.52. The van der Waals surface area contributed by atoms with Crippen LogP contribution in [0.15, 0.2) is 41.0 Å². The van der Waals surface area contributed by atoms with Gasteiger partial charge in [0.1, 0.15) is 11.6 Å². The van der Waals surface area contributed by atoms with Crippen molar-refractivity contribution >= 4 is 5.69 Å². The predicted molar refractivity (Wildman–Crippen MR) is 81.7 cm³/mol. The maximum Gasteiger partial charge on any atom is 0.127 e. The van der Waals surface area contributed by atoms with Gasteiger partial charge in [0, 0.05) is 30.4 Å². The summed E-state index contributed by atoms with van der Waals surface area (Å²) in [6.07, 6.45) is 4.29. The topological polar surface area (TPSA) is 28.4 Å². The highest BCUT2D eigenvalue weighted by atomic mass is 19.1. The van der Waals surface area contributed by atoms with E-state index in [1.165, 1.54) is 24.5 Å². The van der Waals surface area contributed by atoms with Crippen LogP contribution in [0.4, 0.5) is 10.1 Å². The van der Waals surface area contributed by atoms with E-state index in [2.05, 4.69) is 17.1 Å². The molecule has 3 rings (SSSR count). The molecule has 2 aromatic rings. The minimum absolute atomic E-state index is 0.207. The van der Waals surface area contributed by atoms with Crippen LogP contribution in [-0.4, -0.2) is 12.6 Å². The largest absolute Gasteiger partial charge is 0.467 e. The highest BCUT2D eigenvalue weighted by molar-refractivity contribution is 5.46. The summed E-state index contributed by atoms with van der Waals surface area (Å²) >= 11 is 0. The fourth-order valence-corrected chi connectivity index (χ4v) is 2.44. The highest BCUT2D eigenvalue weighted by Gasteiger charge is 2.21. The third-order valence-electron chi connectivity index (χ3n) is 3.89. The lowest BCUT2D eigenvalue weighted by molar-refractivity contribution is 0.495. The van der Waals surface area contributed by atoms with Crippen LogP contribution < -0.4 is 10.2 Å². The number of hydrogen-bond donors (Lipinski definition) is 1. The summed E-state index contributed by atoms with van der Waals surface area (Å²) < 4.78 is 19.0. The molecule has 0 atom stereocenters. The van der Waals surface area contributed by atoms with Gasteiger partial charge in [-0.2, -0.15) is 0 Å². The quantitative estimate of drug-likeness (QED) is 0.842. The van der Waals surface area contributed by atoms with E-state index in [0.717, 1.165) is 24.5 Å². The van der Waals surface area contributed by atoms with Gasteiger partial charge >= 0.3 is 0 Å². The standard InChI is InChI=1S/C17H21FN2O/c1-2-20(16-5-3-4-14(18)10-16)12-17-13(8-9-21-17)11-19-15-6-7-15/h3-5,8-10,15,19H,2,6-7,11-12H2,1H3. The average molecular weight is 288 g/mol. The molecule has 1 aromatic heterocycles. The van der Waals surface area contributed by atoms with Crippen molar-refractivity contribution in [1.82, 2.24) is 5.32 Å². The number of halogens is 1. The first-order valence-corrected chi connectivity index (χ1v) is 7.55. The van der Waals surface area contributed by atoms with Crippen molar-refractivity contribution in [2.75, 3.05) is 11.4 Å². The van der Waals surface area contributed by atoms with Crippen LogP contribution in [-0.2, 0) is 13.1 Å². The van der Waals surface area contributed by atoms with Crippen LogP contribution in [0.5, 0.6) is 0 Å². The molecule has 1 N–H and O–H groups in total. The van der Waals surface area contributed by atoms with Crippen molar-refractivity contribution in [3.8, 4) is 0 Å². The summed E-state index contributed by atoms with van der Waals surface area (Å²) in [4.78, 5) is 2.11. The Morgan fingerprint density at radius 1 is 1.33 bits per heavy atom. The molecule has 0 spiro atoms. The molecule has 0 aliphatic heterocycles. The van der Waals surface area contributed by atoms with Gasteiger partial charge in [0.25, 0.3) is 0 Å². The molecule has 1 fully saturated rings. The van der Waals surface area contributed by atoms with Gasteiger partial charge in [0.2, 0.25) is 0 Å². The van der Waals surface area contributed by atoms with Crippen molar-refractivity contribution < 1.29 is 8.81 Å². The molecule has 1 heterocycles. The molecule has 1 saturated carbocycles. The Balaban J connectivity index is 1.70. The van der Waals surface area contributed by atoms with Gasteiger partial charge in [-0.25, -0.2) is 4.39 Å². The van der Waals surface area contributed by atoms with E-state index in [-0.39, 0.29) is 5.82 Å². The first-order valence-electron chi connectivity index (χ1n) is 7.55. The number of benzene rings is 1. The van der Waals surface area contributed by atoms with Crippen molar-refractivity contribution in [3.05, 3.63) is 53.7 Å². The predicted octanol–water partition coefficient (Wildman–Crippen LogP) is 3.70. The van der Waals surface area contributed by atoms with E-state index in [4.69, 9.17) is 4.42 Å². The smallest absolute Gasteiger partial charge is 0.127 e. The first-order chi connectivity index (χ1) is 10.3. The van der Waals surface area contributed by atoms with Gasteiger partial charge in [-0.05, 0) is 44.0 Å². The van der Waals surface area contributed by atoms with E-state index < -0.39 is 0 Å². The molecule has 0 amide bonds. The van der Waals surface area contributed by atoms with Crippen LogP contribution in [0.25, 0.3) is 0 Å². The lowest BCUT2D eigenvalue weighted by atomic mass is 10.2. The van der Waals surface area contributed by atoms with E-state index in [0.29, 0.717) is 12.6 Å². The zero-order chi connectivity index (χ0) is 14.7. The third-order valence-corrected chi connectivity index (χ3v) is 3.89. The van der Waals surface area contributed by atoms with Crippen LogP contribution in [0, 0.1) is 5.82 Å². The maximum atomic E-state index is 13.4. The molecular weight excluding hydrogens is 267 g/mol. The van der Waals surface area contributed by atoms with Gasteiger partial charge in [-0.15, -0.1) is 0 Å². The van der Waals surface area contributed by atoms with Crippen LogP contribution >= 0.6 is 0 Å². The molecule has 0 bridgehead atoms. The molecule has 0 radical (unpaired) electrons. The Morgan fingerprint density at radius 3 is 2.90 bits per heavy atom. The van der Waals surface area contributed by atoms with Crippen molar-refractivity contribution in [3.63, 3.8) is 0 Å². The Bertz CT molecular complexity index is 592. The first kappa shape index (κ1) is 14.1. The summed E-state index contributed by atoms with van der Waals surface area (Å²) in [6.45, 7) is 4.38. The summed E-state index contributed by atoms with van der Waals surface area (Å²) in [6, 6.07) is 9.40. The number of furan rings is 1. The minimum Gasteiger partial charge on any atom is -0.467 e. The fraction of sp³-hybridized carbons (Fsp3) is 0.412. The second kappa shape index (κ2) is 6.31. The number of nitrogens with one attached hydrogen (secondary N) is 1. The van der Waals surface area contributed by atoms with E-state index in [1.807, 2.05) is 12.1 Å². The molecule has 112 valence electrons. The third kappa shape index (κ3) is 3.64. The monoisotopic (exact) mass is 288 g/mol. The lowest BCUT2D eigenvalue weighted by Crippen LogP contribution is -2.23. The number of hydrogen-bond acceptors (Lipinski definition) is 3. The van der Waals surface area contributed by atoms with Crippen molar-refractivity contribution in [2.24, 2.45) is 0 Å². The molecular formula is C17H21FN2O. The van der Waals surface area contributed by atoms with Crippen molar-refractivity contribution in [2.45, 2.75) is 38.9 Å². The zero-order valence-electron chi connectivity index (χ0n) is 12.3. The molecule has 4 heteroatoms. The lowest BCUT2D eigenvalue weighted by Gasteiger charge is -2.22. The molecule has 0 saturated heterocycles. The van der Waals surface area contributed by atoms with Crippen molar-refractivity contribution in [1.29, 1.82) is 0 Å². The minimum atomic E-state index is -0.207. The van der Waals surface area contributed by atoms with Gasteiger partial charge in [0.05, 0.1) is 12.8 Å². The highest BCUT2D eigenvalue weighted by Crippen LogP contribution is 2.23. The Kier molecular flexibility index (Phi) is 4.25. The molecule has 3 nitrogen and oxygen atoms in total. The Labute approximate surface area is 124 Å². The van der Waals surface area contributed by atoms with Gasteiger partial charge < -0.3 is 14.6 Å². The van der Waals surface area contributed by atoms with Crippen LogP contribution in [0.1, 0.15) is 31.1 Å². The molecule has 21 heavy (non-hydrogen) atoms. The van der Waals surface area contributed by atoms with Gasteiger partial charge in [-0.3, -0.25) is 0 Å². The molecule has 1 aromatic carbocycles.